The van der Waals surface area contributed by atoms with Crippen LogP contribution in [-0.2, 0) is 0 Å². The Bertz CT molecular complexity index is 371. The summed E-state index contributed by atoms with van der Waals surface area (Å²) in [5.41, 5.74) is 1.56. The van der Waals surface area contributed by atoms with Crippen molar-refractivity contribution in [2.75, 3.05) is 6.54 Å². The van der Waals surface area contributed by atoms with E-state index in [9.17, 15) is 0 Å². The van der Waals surface area contributed by atoms with Crippen LogP contribution < -0.4 is 5.32 Å². The third-order valence-electron chi connectivity index (χ3n) is 4.86. The van der Waals surface area contributed by atoms with E-state index in [-0.39, 0.29) is 0 Å². The van der Waals surface area contributed by atoms with Gasteiger partial charge < -0.3 is 5.32 Å². The standard InChI is InChI=1S/C19H31N/c1-4-14-20-19(15(2)3)18-13-9-8-12-17(18)16-10-6-5-7-11-16/h5-7,10-11,15,17-20H,4,8-9,12-14H2,1-3H3. The molecular weight excluding hydrogens is 242 g/mol. The van der Waals surface area contributed by atoms with Gasteiger partial charge in [-0.1, -0.05) is 63.9 Å². The molecular formula is C19H31N. The van der Waals surface area contributed by atoms with Crippen molar-refractivity contribution in [3.05, 3.63) is 35.9 Å². The Labute approximate surface area is 125 Å². The lowest BCUT2D eigenvalue weighted by Gasteiger charge is -2.40. The van der Waals surface area contributed by atoms with Crippen LogP contribution in [0.15, 0.2) is 30.3 Å². The Hall–Kier alpha value is -0.820. The van der Waals surface area contributed by atoms with Crippen molar-refractivity contribution in [3.63, 3.8) is 0 Å². The topological polar surface area (TPSA) is 12.0 Å². The molecule has 3 atom stereocenters. The molecule has 0 aromatic heterocycles. The molecule has 1 nitrogen and oxygen atoms in total. The smallest absolute Gasteiger partial charge is 0.0124 e. The summed E-state index contributed by atoms with van der Waals surface area (Å²) in [6, 6.07) is 11.9. The van der Waals surface area contributed by atoms with Gasteiger partial charge in [0.05, 0.1) is 0 Å². The molecule has 0 amide bonds. The summed E-state index contributed by atoms with van der Waals surface area (Å²) in [6.07, 6.45) is 6.79. The fourth-order valence-corrected chi connectivity index (χ4v) is 3.90. The average Bonchev–Trinajstić information content (AvgIpc) is 2.49. The Balaban J connectivity index is 2.16. The van der Waals surface area contributed by atoms with Gasteiger partial charge in [0.2, 0.25) is 0 Å². The zero-order valence-corrected chi connectivity index (χ0v) is 13.4. The van der Waals surface area contributed by atoms with Crippen LogP contribution in [0.5, 0.6) is 0 Å². The van der Waals surface area contributed by atoms with Gasteiger partial charge >= 0.3 is 0 Å². The number of hydrogen-bond donors (Lipinski definition) is 1. The van der Waals surface area contributed by atoms with E-state index < -0.39 is 0 Å². The molecule has 3 unspecified atom stereocenters. The fraction of sp³-hybridized carbons (Fsp3) is 0.684. The minimum atomic E-state index is 0.667. The summed E-state index contributed by atoms with van der Waals surface area (Å²) in [5, 5.41) is 3.84. The Kier molecular flexibility index (Phi) is 6.09. The second-order valence-electron chi connectivity index (χ2n) is 6.69. The van der Waals surface area contributed by atoms with E-state index in [2.05, 4.69) is 56.4 Å². The summed E-state index contributed by atoms with van der Waals surface area (Å²) in [6.45, 7) is 8.18. The Morgan fingerprint density at radius 2 is 1.80 bits per heavy atom. The lowest BCUT2D eigenvalue weighted by molar-refractivity contribution is 0.195. The largest absolute Gasteiger partial charge is 0.313 e. The lowest BCUT2D eigenvalue weighted by Crippen LogP contribution is -2.44. The molecule has 0 aliphatic heterocycles. The molecule has 2 rings (SSSR count). The molecule has 0 radical (unpaired) electrons. The van der Waals surface area contributed by atoms with Gasteiger partial charge in [0.1, 0.15) is 0 Å². The minimum absolute atomic E-state index is 0.667. The van der Waals surface area contributed by atoms with Crippen LogP contribution in [0.4, 0.5) is 0 Å². The zero-order valence-electron chi connectivity index (χ0n) is 13.4. The van der Waals surface area contributed by atoms with Crippen molar-refractivity contribution in [3.8, 4) is 0 Å². The van der Waals surface area contributed by atoms with Gasteiger partial charge in [0.15, 0.2) is 0 Å². The predicted octanol–water partition coefficient (Wildman–Crippen LogP) is 4.98. The highest BCUT2D eigenvalue weighted by molar-refractivity contribution is 5.21. The third-order valence-corrected chi connectivity index (χ3v) is 4.86. The van der Waals surface area contributed by atoms with E-state index in [0.29, 0.717) is 6.04 Å². The first-order chi connectivity index (χ1) is 9.74. The van der Waals surface area contributed by atoms with E-state index >= 15 is 0 Å². The Morgan fingerprint density at radius 3 is 2.45 bits per heavy atom. The number of nitrogens with one attached hydrogen (secondary N) is 1. The van der Waals surface area contributed by atoms with Gasteiger partial charge in [-0.3, -0.25) is 0 Å². The molecule has 1 aliphatic carbocycles. The van der Waals surface area contributed by atoms with Gasteiger partial charge in [0, 0.05) is 6.04 Å². The SMILES string of the molecule is CCCNC(C(C)C)C1CCCCC1c1ccccc1. The highest BCUT2D eigenvalue weighted by atomic mass is 14.9. The normalized spacial score (nSPS) is 24.8. The lowest BCUT2D eigenvalue weighted by atomic mass is 9.70. The molecule has 0 bridgehead atoms. The molecule has 0 heterocycles. The summed E-state index contributed by atoms with van der Waals surface area (Å²) in [5.74, 6) is 2.27. The molecule has 0 saturated heterocycles. The van der Waals surface area contributed by atoms with Crippen molar-refractivity contribution in [2.45, 2.75) is 64.8 Å². The molecule has 20 heavy (non-hydrogen) atoms. The quantitative estimate of drug-likeness (QED) is 0.770. The maximum absolute atomic E-state index is 3.84. The van der Waals surface area contributed by atoms with Crippen LogP contribution in [0, 0.1) is 11.8 Å². The summed E-state index contributed by atoms with van der Waals surface area (Å²) < 4.78 is 0. The maximum Gasteiger partial charge on any atom is 0.0124 e. The molecule has 1 aromatic carbocycles. The molecule has 1 saturated carbocycles. The molecule has 112 valence electrons. The minimum Gasteiger partial charge on any atom is -0.313 e. The second-order valence-corrected chi connectivity index (χ2v) is 6.69. The van der Waals surface area contributed by atoms with Crippen LogP contribution >= 0.6 is 0 Å². The van der Waals surface area contributed by atoms with Crippen LogP contribution in [0.25, 0.3) is 0 Å². The first-order valence-electron chi connectivity index (χ1n) is 8.52. The second kappa shape index (κ2) is 7.83. The molecule has 1 aromatic rings. The van der Waals surface area contributed by atoms with Crippen LogP contribution in [0.2, 0.25) is 0 Å². The first kappa shape index (κ1) is 15.6. The van der Waals surface area contributed by atoms with E-state index in [4.69, 9.17) is 0 Å². The molecule has 1 N–H and O–H groups in total. The number of rotatable bonds is 6. The molecule has 0 spiro atoms. The highest BCUT2D eigenvalue weighted by Gasteiger charge is 2.33. The highest BCUT2D eigenvalue weighted by Crippen LogP contribution is 2.41. The fourth-order valence-electron chi connectivity index (χ4n) is 3.90. The number of hydrogen-bond acceptors (Lipinski definition) is 1. The van der Waals surface area contributed by atoms with Crippen molar-refractivity contribution in [1.29, 1.82) is 0 Å². The molecule has 1 heteroatoms. The summed E-state index contributed by atoms with van der Waals surface area (Å²) in [7, 11) is 0. The summed E-state index contributed by atoms with van der Waals surface area (Å²) in [4.78, 5) is 0. The van der Waals surface area contributed by atoms with Crippen molar-refractivity contribution in [2.24, 2.45) is 11.8 Å². The van der Waals surface area contributed by atoms with E-state index in [1.807, 2.05) is 0 Å². The predicted molar refractivity (Wildman–Crippen MR) is 88.1 cm³/mol. The van der Waals surface area contributed by atoms with Crippen molar-refractivity contribution in [1.82, 2.24) is 5.32 Å². The number of benzene rings is 1. The van der Waals surface area contributed by atoms with Crippen molar-refractivity contribution < 1.29 is 0 Å². The third kappa shape index (κ3) is 3.85. The van der Waals surface area contributed by atoms with Gasteiger partial charge in [-0.05, 0) is 49.1 Å². The summed E-state index contributed by atoms with van der Waals surface area (Å²) >= 11 is 0. The maximum atomic E-state index is 3.84. The van der Waals surface area contributed by atoms with Gasteiger partial charge in [-0.15, -0.1) is 0 Å². The van der Waals surface area contributed by atoms with E-state index in [1.165, 1.54) is 32.1 Å². The zero-order chi connectivity index (χ0) is 14.4. The molecule has 1 aliphatic rings. The molecule has 1 fully saturated rings. The van der Waals surface area contributed by atoms with Crippen LogP contribution in [-0.4, -0.2) is 12.6 Å². The monoisotopic (exact) mass is 273 g/mol. The average molecular weight is 273 g/mol. The van der Waals surface area contributed by atoms with Crippen LogP contribution in [0.1, 0.15) is 64.4 Å². The van der Waals surface area contributed by atoms with E-state index in [1.54, 1.807) is 5.56 Å². The van der Waals surface area contributed by atoms with Gasteiger partial charge in [0.25, 0.3) is 0 Å². The van der Waals surface area contributed by atoms with Crippen LogP contribution in [0.3, 0.4) is 0 Å². The van der Waals surface area contributed by atoms with E-state index in [0.717, 1.165) is 24.3 Å². The van der Waals surface area contributed by atoms with Gasteiger partial charge in [-0.25, -0.2) is 0 Å². The first-order valence-corrected chi connectivity index (χ1v) is 8.52. The van der Waals surface area contributed by atoms with Gasteiger partial charge in [-0.2, -0.15) is 0 Å². The van der Waals surface area contributed by atoms with Crippen molar-refractivity contribution >= 4 is 0 Å². The Morgan fingerprint density at radius 1 is 1.10 bits per heavy atom.